The van der Waals surface area contributed by atoms with E-state index >= 15 is 0 Å². The normalized spacial score (nSPS) is 11.7. The molecule has 34 heavy (non-hydrogen) atoms. The molecule has 0 saturated heterocycles. The number of carbonyl (C=O) groups is 2. The summed E-state index contributed by atoms with van der Waals surface area (Å²) in [6.07, 6.45) is 0. The lowest BCUT2D eigenvalue weighted by Crippen LogP contribution is -2.26. The molecule has 2 N–H and O–H groups in total. The van der Waals surface area contributed by atoms with Crippen LogP contribution in [-0.2, 0) is 9.59 Å². The fourth-order valence-corrected chi connectivity index (χ4v) is 4.34. The number of fused-ring (bicyclic) bond motifs is 1. The van der Waals surface area contributed by atoms with Crippen LogP contribution in [-0.4, -0.2) is 26.6 Å². The highest BCUT2D eigenvalue weighted by molar-refractivity contribution is 8.00. The van der Waals surface area contributed by atoms with Gasteiger partial charge >= 0.3 is 0 Å². The van der Waals surface area contributed by atoms with E-state index in [9.17, 15) is 14.4 Å². The van der Waals surface area contributed by atoms with Crippen molar-refractivity contribution in [3.63, 3.8) is 0 Å². The van der Waals surface area contributed by atoms with E-state index < -0.39 is 5.25 Å². The summed E-state index contributed by atoms with van der Waals surface area (Å²) in [7, 11) is 0. The number of thioether (sulfide) groups is 1. The molecule has 0 bridgehead atoms. The van der Waals surface area contributed by atoms with Crippen molar-refractivity contribution in [1.82, 2.24) is 9.55 Å². The van der Waals surface area contributed by atoms with Crippen molar-refractivity contribution < 1.29 is 9.59 Å². The average molecular weight is 473 g/mol. The Labute approximate surface area is 201 Å². The van der Waals surface area contributed by atoms with Gasteiger partial charge in [-0.05, 0) is 62.4 Å². The van der Waals surface area contributed by atoms with Crippen molar-refractivity contribution >= 4 is 45.9 Å². The second-order valence-corrected chi connectivity index (χ2v) is 9.20. The molecule has 0 fully saturated rings. The number of anilines is 2. The third-order valence-corrected chi connectivity index (χ3v) is 6.21. The number of amides is 2. The Morgan fingerprint density at radius 3 is 2.18 bits per heavy atom. The zero-order chi connectivity index (χ0) is 24.2. The van der Waals surface area contributed by atoms with Crippen LogP contribution in [0.25, 0.3) is 16.6 Å². The van der Waals surface area contributed by atoms with Crippen LogP contribution in [0.3, 0.4) is 0 Å². The first-order chi connectivity index (χ1) is 16.3. The summed E-state index contributed by atoms with van der Waals surface area (Å²) < 4.78 is 1.55. The van der Waals surface area contributed by atoms with E-state index in [4.69, 9.17) is 4.98 Å². The number of aryl methyl sites for hydroxylation is 1. The third-order valence-electron chi connectivity index (χ3n) is 5.16. The molecule has 172 valence electrons. The van der Waals surface area contributed by atoms with Gasteiger partial charge in [-0.3, -0.25) is 19.0 Å². The first-order valence-electron chi connectivity index (χ1n) is 10.8. The van der Waals surface area contributed by atoms with E-state index in [1.807, 2.05) is 43.3 Å². The largest absolute Gasteiger partial charge is 0.326 e. The molecule has 0 saturated carbocycles. The van der Waals surface area contributed by atoms with Crippen LogP contribution < -0.4 is 16.2 Å². The lowest BCUT2D eigenvalue weighted by atomic mass is 10.2. The minimum Gasteiger partial charge on any atom is -0.326 e. The summed E-state index contributed by atoms with van der Waals surface area (Å²) in [4.78, 5) is 42.2. The van der Waals surface area contributed by atoms with Gasteiger partial charge in [0.2, 0.25) is 11.8 Å². The highest BCUT2D eigenvalue weighted by Gasteiger charge is 2.20. The topological polar surface area (TPSA) is 93.1 Å². The van der Waals surface area contributed by atoms with E-state index in [0.29, 0.717) is 33.1 Å². The number of hydrogen-bond acceptors (Lipinski definition) is 5. The number of nitrogens with one attached hydrogen (secondary N) is 2. The molecule has 8 heteroatoms. The zero-order valence-electron chi connectivity index (χ0n) is 19.0. The minimum absolute atomic E-state index is 0.163. The maximum Gasteiger partial charge on any atom is 0.266 e. The number of benzene rings is 3. The Hall–Kier alpha value is -3.91. The molecule has 1 atom stereocenters. The lowest BCUT2D eigenvalue weighted by Gasteiger charge is -2.17. The van der Waals surface area contributed by atoms with Crippen molar-refractivity contribution in [3.8, 4) is 5.69 Å². The SMILES string of the molecule is CC(=O)Nc1ccc(NC(=O)[C@@H](C)Sc2nc3ccccc3c(=O)n2-c2ccc(C)cc2)cc1. The van der Waals surface area contributed by atoms with Crippen molar-refractivity contribution in [2.75, 3.05) is 10.6 Å². The zero-order valence-corrected chi connectivity index (χ0v) is 19.8. The fourth-order valence-electron chi connectivity index (χ4n) is 3.41. The van der Waals surface area contributed by atoms with E-state index in [0.717, 1.165) is 5.56 Å². The summed E-state index contributed by atoms with van der Waals surface area (Å²) in [5, 5.41) is 5.99. The highest BCUT2D eigenvalue weighted by Crippen LogP contribution is 2.26. The molecule has 1 aromatic heterocycles. The number of para-hydroxylation sites is 1. The number of nitrogens with zero attached hydrogens (tertiary/aromatic N) is 2. The van der Waals surface area contributed by atoms with Gasteiger partial charge in [-0.2, -0.15) is 0 Å². The number of carbonyl (C=O) groups excluding carboxylic acids is 2. The van der Waals surface area contributed by atoms with Gasteiger partial charge in [0, 0.05) is 18.3 Å². The Morgan fingerprint density at radius 1 is 0.912 bits per heavy atom. The summed E-state index contributed by atoms with van der Waals surface area (Å²) in [5.74, 6) is -0.389. The second kappa shape index (κ2) is 9.93. The van der Waals surface area contributed by atoms with E-state index in [2.05, 4.69) is 10.6 Å². The molecule has 7 nitrogen and oxygen atoms in total. The van der Waals surface area contributed by atoms with Gasteiger partial charge in [-0.1, -0.05) is 41.6 Å². The van der Waals surface area contributed by atoms with Gasteiger partial charge in [-0.25, -0.2) is 4.98 Å². The Balaban J connectivity index is 1.62. The molecule has 0 radical (unpaired) electrons. The molecule has 0 aliphatic rings. The number of rotatable bonds is 6. The summed E-state index contributed by atoms with van der Waals surface area (Å²) >= 11 is 1.22. The van der Waals surface area contributed by atoms with Crippen LogP contribution in [0.1, 0.15) is 19.4 Å². The fraction of sp³-hybridized carbons (Fsp3) is 0.154. The molecule has 4 aromatic rings. The molecule has 0 aliphatic heterocycles. The monoisotopic (exact) mass is 472 g/mol. The molecule has 4 rings (SSSR count). The van der Waals surface area contributed by atoms with Gasteiger partial charge in [0.25, 0.3) is 5.56 Å². The van der Waals surface area contributed by atoms with Crippen LogP contribution in [0.4, 0.5) is 11.4 Å². The third kappa shape index (κ3) is 5.18. The van der Waals surface area contributed by atoms with Gasteiger partial charge in [0.1, 0.15) is 0 Å². The molecule has 0 spiro atoms. The standard InChI is InChI=1S/C26H24N4O3S/c1-16-8-14-21(15-9-16)30-25(33)22-6-4-5-7-23(22)29-26(30)34-17(2)24(32)28-20-12-10-19(11-13-20)27-18(3)31/h4-15,17H,1-3H3,(H,27,31)(H,28,32)/t17-/m1/s1. The first kappa shape index (κ1) is 23.3. The molecule has 1 heterocycles. The summed E-state index contributed by atoms with van der Waals surface area (Å²) in [6, 6.07) is 21.7. The lowest BCUT2D eigenvalue weighted by molar-refractivity contribution is -0.115. The van der Waals surface area contributed by atoms with Crippen LogP contribution in [0.15, 0.2) is 82.7 Å². The highest BCUT2D eigenvalue weighted by atomic mass is 32.2. The molecule has 2 amide bonds. The van der Waals surface area contributed by atoms with Gasteiger partial charge in [0.15, 0.2) is 5.16 Å². The van der Waals surface area contributed by atoms with Gasteiger partial charge in [-0.15, -0.1) is 0 Å². The van der Waals surface area contributed by atoms with E-state index in [1.165, 1.54) is 18.7 Å². The maximum absolute atomic E-state index is 13.4. The predicted molar refractivity (Wildman–Crippen MR) is 137 cm³/mol. The van der Waals surface area contributed by atoms with Crippen LogP contribution in [0.2, 0.25) is 0 Å². The van der Waals surface area contributed by atoms with Gasteiger partial charge < -0.3 is 10.6 Å². The number of hydrogen-bond donors (Lipinski definition) is 2. The molecule has 3 aromatic carbocycles. The maximum atomic E-state index is 13.4. The minimum atomic E-state index is -0.528. The Kier molecular flexibility index (Phi) is 6.79. The quantitative estimate of drug-likeness (QED) is 0.311. The number of aromatic nitrogens is 2. The van der Waals surface area contributed by atoms with Crippen molar-refractivity contribution in [1.29, 1.82) is 0 Å². The van der Waals surface area contributed by atoms with Crippen molar-refractivity contribution in [3.05, 3.63) is 88.7 Å². The smallest absolute Gasteiger partial charge is 0.266 e. The Bertz CT molecular complexity index is 1410. The summed E-state index contributed by atoms with van der Waals surface area (Å²) in [6.45, 7) is 5.19. The van der Waals surface area contributed by atoms with Crippen LogP contribution in [0.5, 0.6) is 0 Å². The average Bonchev–Trinajstić information content (AvgIpc) is 2.81. The van der Waals surface area contributed by atoms with Gasteiger partial charge in [0.05, 0.1) is 21.8 Å². The molecular weight excluding hydrogens is 448 g/mol. The van der Waals surface area contributed by atoms with Crippen LogP contribution >= 0.6 is 11.8 Å². The second-order valence-electron chi connectivity index (χ2n) is 7.90. The molecule has 0 unspecified atom stereocenters. The molecular formula is C26H24N4O3S. The van der Waals surface area contributed by atoms with Crippen molar-refractivity contribution in [2.24, 2.45) is 0 Å². The van der Waals surface area contributed by atoms with E-state index in [-0.39, 0.29) is 17.4 Å². The van der Waals surface area contributed by atoms with E-state index in [1.54, 1.807) is 47.9 Å². The first-order valence-corrected chi connectivity index (χ1v) is 11.6. The predicted octanol–water partition coefficient (Wildman–Crippen LogP) is 4.77. The van der Waals surface area contributed by atoms with Crippen LogP contribution in [0, 0.1) is 6.92 Å². The summed E-state index contributed by atoms with van der Waals surface area (Å²) in [5.41, 5.74) is 3.43. The molecule has 0 aliphatic carbocycles. The Morgan fingerprint density at radius 2 is 1.53 bits per heavy atom. The van der Waals surface area contributed by atoms with Crippen molar-refractivity contribution in [2.45, 2.75) is 31.2 Å².